The maximum Gasteiger partial charge on any atom is 0.123 e. The average Bonchev–Trinajstić information content (AvgIpc) is 1.55. The lowest BCUT2D eigenvalue weighted by molar-refractivity contribution is 0.624. The van der Waals surface area contributed by atoms with Crippen molar-refractivity contribution >= 4 is 77.8 Å². The minimum atomic E-state index is -0.805. The second kappa shape index (κ2) is 26.4. The van der Waals surface area contributed by atoms with Crippen LogP contribution in [0.4, 0.5) is 42.9 Å². The molecule has 5 heteroatoms. The van der Waals surface area contributed by atoms with E-state index in [2.05, 4.69) is 351 Å². The van der Waals surface area contributed by atoms with Crippen molar-refractivity contribution in [2.75, 3.05) is 9.80 Å². The van der Waals surface area contributed by atoms with Crippen molar-refractivity contribution in [3.05, 3.63) is 457 Å². The highest BCUT2D eigenvalue weighted by atomic mass is 32.1. The second-order valence-corrected chi connectivity index (χ2v) is 28.9. The summed E-state index contributed by atoms with van der Waals surface area (Å²) in [5.74, 6) is -0.568. The highest BCUT2D eigenvalue weighted by molar-refractivity contribution is 7.25. The fourth-order valence-corrected chi connectivity index (χ4v) is 18.3. The van der Waals surface area contributed by atoms with Crippen LogP contribution in [-0.2, 0) is 10.8 Å². The minimum Gasteiger partial charge on any atom is -0.310 e. The first-order valence-electron chi connectivity index (χ1n) is 36.3. The topological polar surface area (TPSA) is 6.48 Å². The predicted molar refractivity (Wildman–Crippen MR) is 445 cm³/mol. The zero-order chi connectivity index (χ0) is 71.7. The van der Waals surface area contributed by atoms with Crippen LogP contribution in [-0.4, -0.2) is 0 Å². The van der Waals surface area contributed by atoms with Crippen LogP contribution in [0.25, 0.3) is 99.1 Å². The van der Waals surface area contributed by atoms with Crippen LogP contribution in [0.2, 0.25) is 0 Å². The van der Waals surface area contributed by atoms with Gasteiger partial charge in [-0.05, 0) is 232 Å². The molecule has 2 unspecified atom stereocenters. The van der Waals surface area contributed by atoms with E-state index in [1.807, 2.05) is 36.4 Å². The first-order valence-corrected chi connectivity index (χ1v) is 37.1. The molecule has 107 heavy (non-hydrogen) atoms. The Morgan fingerprint density at radius 2 is 0.542 bits per heavy atom. The molecule has 0 radical (unpaired) electrons. The summed E-state index contributed by atoms with van der Waals surface area (Å²) >= 11 is 1.80. The number of halogens is 2. The quantitative estimate of drug-likeness (QED) is 0.0951. The molecule has 1 aromatic heterocycles. The molecular weight excluding hydrogens is 1320 g/mol. The maximum absolute atomic E-state index is 15.3. The molecule has 19 rings (SSSR count). The van der Waals surface area contributed by atoms with Crippen molar-refractivity contribution in [3.8, 4) is 66.8 Å². The summed E-state index contributed by atoms with van der Waals surface area (Å²) in [5, 5.41) is 2.32. The van der Waals surface area contributed by atoms with Gasteiger partial charge in [0.2, 0.25) is 0 Å². The van der Waals surface area contributed by atoms with Crippen LogP contribution in [0.5, 0.6) is 0 Å². The minimum absolute atomic E-state index is 0.284. The summed E-state index contributed by atoms with van der Waals surface area (Å²) in [4.78, 5) is 4.79. The third-order valence-electron chi connectivity index (χ3n) is 22.1. The molecule has 0 fully saturated rings. The Labute approximate surface area is 626 Å². The standard InChI is InChI=1S/C102H68F2N2S/c1-3-67-29-37-77(38-30-67)101(79-41-45-81(103)46-42-79)95-27-13-11-25-89(95)91-57-53-85(63-97(91)101)105(83-49-33-71(34-50-83)75-23-15-21-73(61-75)69-17-7-5-8-18-69)87-55-59-93-94-60-56-88(66-100(94)107-99(93)65-87)106(84-51-35-72(36-52-84)76-24-16-22-74(62-76)70-19-9-6-10-20-70)86-54-58-92-90-26-12-14-28-96(90)102(98(92)64-86,80-43-47-82(104)48-44-80)78-39-31-68(4-2)32-40-78/h3-66H,1-2H2. The van der Waals surface area contributed by atoms with Gasteiger partial charge in [0, 0.05) is 54.3 Å². The Morgan fingerprint density at radius 3 is 0.916 bits per heavy atom. The molecule has 0 aliphatic heterocycles. The number of anilines is 6. The van der Waals surface area contributed by atoms with Crippen molar-refractivity contribution in [3.63, 3.8) is 0 Å². The van der Waals surface area contributed by atoms with E-state index in [1.54, 1.807) is 35.6 Å². The summed E-state index contributed by atoms with van der Waals surface area (Å²) in [5.41, 5.74) is 28.7. The van der Waals surface area contributed by atoms with Gasteiger partial charge in [0.1, 0.15) is 11.6 Å². The van der Waals surface area contributed by atoms with Crippen LogP contribution in [0, 0.1) is 11.6 Å². The summed E-state index contributed by atoms with van der Waals surface area (Å²) in [6, 6.07) is 133. The number of nitrogens with zero attached hydrogens (tertiary/aromatic N) is 2. The Balaban J connectivity index is 0.777. The number of hydrogen-bond donors (Lipinski definition) is 0. The summed E-state index contributed by atoms with van der Waals surface area (Å²) in [6.45, 7) is 8.22. The van der Waals surface area contributed by atoms with Crippen molar-refractivity contribution in [1.82, 2.24) is 0 Å². The Kier molecular flexibility index (Phi) is 15.9. The highest BCUT2D eigenvalue weighted by Gasteiger charge is 2.48. The van der Waals surface area contributed by atoms with E-state index in [0.29, 0.717) is 0 Å². The van der Waals surface area contributed by atoms with E-state index >= 15 is 8.78 Å². The van der Waals surface area contributed by atoms with E-state index < -0.39 is 10.8 Å². The van der Waals surface area contributed by atoms with Crippen molar-refractivity contribution in [1.29, 1.82) is 0 Å². The highest BCUT2D eigenvalue weighted by Crippen LogP contribution is 2.60. The number of thiophene rings is 1. The molecule has 2 aliphatic carbocycles. The molecule has 0 N–H and O–H groups in total. The zero-order valence-corrected chi connectivity index (χ0v) is 59.2. The van der Waals surface area contributed by atoms with Crippen molar-refractivity contribution in [2.24, 2.45) is 0 Å². The lowest BCUT2D eigenvalue weighted by Gasteiger charge is -2.35. The normalized spacial score (nSPS) is 14.6. The third-order valence-corrected chi connectivity index (χ3v) is 23.2. The first-order chi connectivity index (χ1) is 52.7. The van der Waals surface area contributed by atoms with E-state index in [1.165, 1.54) is 11.1 Å². The molecule has 0 amide bonds. The SMILES string of the molecule is C=Cc1ccc(C2(c3ccc(F)cc3)c3ccccc3-c3ccc(N(c4ccc(-c5cccc(-c6ccccc6)c5)cc4)c4ccc5c(c4)sc4cc(N(c6ccc(-c7cccc(-c8ccccc8)c7)cc6)c6ccc7c(c6)C(c6ccc(F)cc6)(c6ccc(C=C)cc6)c6ccccc6-7)ccc45)cc32)cc1. The van der Waals surface area contributed by atoms with Gasteiger partial charge < -0.3 is 9.80 Å². The number of fused-ring (bicyclic) bond motifs is 9. The van der Waals surface area contributed by atoms with Crippen LogP contribution in [0.15, 0.2) is 389 Å². The molecular formula is C102H68F2N2S. The molecule has 17 aromatic rings. The first kappa shape index (κ1) is 64.5. The second-order valence-electron chi connectivity index (χ2n) is 27.8. The van der Waals surface area contributed by atoms with E-state index in [4.69, 9.17) is 0 Å². The van der Waals surface area contributed by atoms with Gasteiger partial charge in [-0.3, -0.25) is 0 Å². The van der Waals surface area contributed by atoms with Crippen LogP contribution < -0.4 is 9.80 Å². The summed E-state index contributed by atoms with van der Waals surface area (Å²) in [7, 11) is 0. The molecule has 2 nitrogen and oxygen atoms in total. The molecule has 506 valence electrons. The van der Waals surface area contributed by atoms with E-state index in [0.717, 1.165) is 166 Å². The van der Waals surface area contributed by atoms with Crippen LogP contribution in [0.3, 0.4) is 0 Å². The largest absolute Gasteiger partial charge is 0.310 e. The fourth-order valence-electron chi connectivity index (χ4n) is 17.1. The average molecular weight is 1390 g/mol. The zero-order valence-electron chi connectivity index (χ0n) is 58.4. The Hall–Kier alpha value is -13.3. The van der Waals surface area contributed by atoms with Gasteiger partial charge in [-0.15, -0.1) is 11.3 Å². The smallest absolute Gasteiger partial charge is 0.123 e. The molecule has 0 saturated heterocycles. The van der Waals surface area contributed by atoms with Crippen molar-refractivity contribution < 1.29 is 8.78 Å². The molecule has 2 atom stereocenters. The monoisotopic (exact) mass is 1390 g/mol. The van der Waals surface area contributed by atoms with E-state index in [9.17, 15) is 0 Å². The molecule has 0 spiro atoms. The Morgan fingerprint density at radius 1 is 0.243 bits per heavy atom. The number of benzene rings is 16. The van der Waals surface area contributed by atoms with Gasteiger partial charge in [-0.1, -0.05) is 292 Å². The van der Waals surface area contributed by atoms with Gasteiger partial charge in [-0.25, -0.2) is 8.78 Å². The van der Waals surface area contributed by atoms with Gasteiger partial charge >= 0.3 is 0 Å². The Bertz CT molecular complexity index is 5900. The maximum atomic E-state index is 15.3. The van der Waals surface area contributed by atoms with Gasteiger partial charge in [0.25, 0.3) is 0 Å². The molecule has 2 aliphatic rings. The van der Waals surface area contributed by atoms with Crippen LogP contribution >= 0.6 is 11.3 Å². The molecule has 16 aromatic carbocycles. The third kappa shape index (κ3) is 10.9. The fraction of sp³-hybridized carbons (Fsp3) is 0.0196. The van der Waals surface area contributed by atoms with E-state index in [-0.39, 0.29) is 11.6 Å². The molecule has 0 saturated carbocycles. The summed E-state index contributed by atoms with van der Waals surface area (Å²) < 4.78 is 32.8. The lowest BCUT2D eigenvalue weighted by atomic mass is 9.67. The lowest BCUT2D eigenvalue weighted by Crippen LogP contribution is -2.29. The van der Waals surface area contributed by atoms with Crippen LogP contribution in [0.1, 0.15) is 55.6 Å². The molecule has 0 bridgehead atoms. The predicted octanol–water partition coefficient (Wildman–Crippen LogP) is 28.0. The van der Waals surface area contributed by atoms with Gasteiger partial charge in [-0.2, -0.15) is 0 Å². The molecule has 1 heterocycles. The number of rotatable bonds is 16. The van der Waals surface area contributed by atoms with Crippen molar-refractivity contribution in [2.45, 2.75) is 10.8 Å². The summed E-state index contributed by atoms with van der Waals surface area (Å²) in [6.07, 6.45) is 3.75. The van der Waals surface area contributed by atoms with Gasteiger partial charge in [0.05, 0.1) is 10.8 Å². The van der Waals surface area contributed by atoms with Gasteiger partial charge in [0.15, 0.2) is 0 Å². The number of hydrogen-bond acceptors (Lipinski definition) is 3.